The van der Waals surface area contributed by atoms with Crippen molar-refractivity contribution in [2.24, 2.45) is 0 Å². The summed E-state index contributed by atoms with van der Waals surface area (Å²) in [7, 11) is 0. The van der Waals surface area contributed by atoms with Gasteiger partial charge < -0.3 is 10.5 Å². The molecule has 0 spiro atoms. The van der Waals surface area contributed by atoms with Gasteiger partial charge in [-0.3, -0.25) is 0 Å². The molecule has 1 aromatic heterocycles. The Labute approximate surface area is 120 Å². The fraction of sp³-hybridized carbons (Fsp3) is 0.0909. The van der Waals surface area contributed by atoms with Crippen LogP contribution in [0.5, 0.6) is 5.75 Å². The Morgan fingerprint density at radius 2 is 1.89 bits per heavy atom. The van der Waals surface area contributed by atoms with Gasteiger partial charge in [0.05, 0.1) is 9.13 Å². The van der Waals surface area contributed by atoms with Crippen LogP contribution in [-0.2, 0) is 0 Å². The number of halogens is 4. The molecular formula is C11H7F3IN3O. The van der Waals surface area contributed by atoms with E-state index in [1.54, 1.807) is 6.07 Å². The standard InChI is InChI=1S/C11H7F3IN3O/c12-11(13,14)19-8-4-2-1-3-6(8)10-17-5-7(15)9(16)18-10/h1-5H,(H2,16,17,18). The van der Waals surface area contributed by atoms with Crippen LogP contribution < -0.4 is 10.5 Å². The number of anilines is 1. The molecule has 0 radical (unpaired) electrons. The zero-order chi connectivity index (χ0) is 14.0. The van der Waals surface area contributed by atoms with Crippen LogP contribution >= 0.6 is 22.6 Å². The summed E-state index contributed by atoms with van der Waals surface area (Å²) in [6.07, 6.45) is -3.34. The van der Waals surface area contributed by atoms with Crippen LogP contribution in [0.2, 0.25) is 0 Å². The smallest absolute Gasteiger partial charge is 0.405 e. The fourth-order valence-electron chi connectivity index (χ4n) is 1.38. The first-order valence-electron chi connectivity index (χ1n) is 5.00. The van der Waals surface area contributed by atoms with E-state index < -0.39 is 6.36 Å². The Balaban J connectivity index is 2.47. The van der Waals surface area contributed by atoms with Crippen molar-refractivity contribution in [3.05, 3.63) is 34.0 Å². The predicted octanol–water partition coefficient (Wildman–Crippen LogP) is 3.23. The van der Waals surface area contributed by atoms with Gasteiger partial charge in [-0.1, -0.05) is 12.1 Å². The fourth-order valence-corrected chi connectivity index (χ4v) is 1.64. The van der Waals surface area contributed by atoms with Gasteiger partial charge in [-0.05, 0) is 34.7 Å². The van der Waals surface area contributed by atoms with Crippen LogP contribution in [0.1, 0.15) is 0 Å². The van der Waals surface area contributed by atoms with Gasteiger partial charge in [-0.15, -0.1) is 13.2 Å². The molecule has 8 heteroatoms. The molecule has 0 bridgehead atoms. The zero-order valence-electron chi connectivity index (χ0n) is 9.28. The number of ether oxygens (including phenoxy) is 1. The van der Waals surface area contributed by atoms with Gasteiger partial charge in [-0.2, -0.15) is 0 Å². The summed E-state index contributed by atoms with van der Waals surface area (Å²) < 4.78 is 41.4. The van der Waals surface area contributed by atoms with E-state index in [-0.39, 0.29) is 23.0 Å². The van der Waals surface area contributed by atoms with E-state index in [1.807, 2.05) is 22.6 Å². The monoisotopic (exact) mass is 381 g/mol. The second kappa shape index (κ2) is 5.19. The molecule has 0 unspecified atom stereocenters. The second-order valence-corrected chi connectivity index (χ2v) is 4.63. The summed E-state index contributed by atoms with van der Waals surface area (Å²) in [6, 6.07) is 5.62. The second-order valence-electron chi connectivity index (χ2n) is 3.47. The third kappa shape index (κ3) is 3.46. The highest BCUT2D eigenvalue weighted by molar-refractivity contribution is 14.1. The number of aromatic nitrogens is 2. The molecule has 0 aliphatic carbocycles. The molecule has 2 rings (SSSR count). The molecule has 4 nitrogen and oxygen atoms in total. The molecule has 1 aromatic carbocycles. The first-order valence-corrected chi connectivity index (χ1v) is 6.08. The molecular weight excluding hydrogens is 374 g/mol. The number of hydrogen-bond acceptors (Lipinski definition) is 4. The highest BCUT2D eigenvalue weighted by atomic mass is 127. The molecule has 2 N–H and O–H groups in total. The third-order valence-electron chi connectivity index (χ3n) is 2.12. The Hall–Kier alpha value is -1.58. The Kier molecular flexibility index (Phi) is 3.78. The number of nitrogens with two attached hydrogens (primary N) is 1. The van der Waals surface area contributed by atoms with Crippen molar-refractivity contribution in [2.75, 3.05) is 5.73 Å². The van der Waals surface area contributed by atoms with Crippen molar-refractivity contribution in [3.8, 4) is 17.1 Å². The SMILES string of the molecule is Nc1nc(-c2ccccc2OC(F)(F)F)ncc1I. The number of nitrogen functional groups attached to an aromatic ring is 1. The first kappa shape index (κ1) is 13.8. The lowest BCUT2D eigenvalue weighted by Gasteiger charge is -2.12. The average molecular weight is 381 g/mol. The van der Waals surface area contributed by atoms with Crippen molar-refractivity contribution in [1.82, 2.24) is 9.97 Å². The van der Waals surface area contributed by atoms with Crippen LogP contribution in [0, 0.1) is 3.57 Å². The number of hydrogen-bond donors (Lipinski definition) is 1. The lowest BCUT2D eigenvalue weighted by Crippen LogP contribution is -2.17. The summed E-state index contributed by atoms with van der Waals surface area (Å²) in [5.41, 5.74) is 5.74. The topological polar surface area (TPSA) is 61.0 Å². The summed E-state index contributed by atoms with van der Waals surface area (Å²) in [5, 5.41) is 0. The van der Waals surface area contributed by atoms with E-state index >= 15 is 0 Å². The molecule has 0 amide bonds. The zero-order valence-corrected chi connectivity index (χ0v) is 11.4. The molecule has 100 valence electrons. The van der Waals surface area contributed by atoms with Crippen molar-refractivity contribution in [3.63, 3.8) is 0 Å². The number of alkyl halides is 3. The number of rotatable bonds is 2. The molecule has 19 heavy (non-hydrogen) atoms. The number of para-hydroxylation sites is 1. The van der Waals surface area contributed by atoms with E-state index in [0.717, 1.165) is 0 Å². The quantitative estimate of drug-likeness (QED) is 0.812. The van der Waals surface area contributed by atoms with E-state index in [1.165, 1.54) is 24.4 Å². The largest absolute Gasteiger partial charge is 0.573 e. The highest BCUT2D eigenvalue weighted by Gasteiger charge is 2.32. The van der Waals surface area contributed by atoms with Crippen molar-refractivity contribution < 1.29 is 17.9 Å². The molecule has 0 saturated heterocycles. The van der Waals surface area contributed by atoms with Crippen molar-refractivity contribution in [1.29, 1.82) is 0 Å². The van der Waals surface area contributed by atoms with Crippen LogP contribution in [0.3, 0.4) is 0 Å². The first-order chi connectivity index (χ1) is 8.87. The highest BCUT2D eigenvalue weighted by Crippen LogP contribution is 2.32. The lowest BCUT2D eigenvalue weighted by molar-refractivity contribution is -0.274. The van der Waals surface area contributed by atoms with Crippen molar-refractivity contribution in [2.45, 2.75) is 6.36 Å². The normalized spacial score (nSPS) is 11.4. The van der Waals surface area contributed by atoms with E-state index in [0.29, 0.717) is 3.57 Å². The van der Waals surface area contributed by atoms with E-state index in [4.69, 9.17) is 5.73 Å². The summed E-state index contributed by atoms with van der Waals surface area (Å²) >= 11 is 1.93. The van der Waals surface area contributed by atoms with Crippen LogP contribution in [0.15, 0.2) is 30.5 Å². The number of nitrogens with zero attached hydrogens (tertiary/aromatic N) is 2. The van der Waals surface area contributed by atoms with Crippen LogP contribution in [0.25, 0.3) is 11.4 Å². The molecule has 0 saturated carbocycles. The summed E-state index contributed by atoms with van der Waals surface area (Å²) in [5.74, 6) is -0.0826. The maximum atomic E-state index is 12.3. The predicted molar refractivity (Wildman–Crippen MR) is 71.3 cm³/mol. The maximum Gasteiger partial charge on any atom is 0.573 e. The Morgan fingerprint density at radius 1 is 1.21 bits per heavy atom. The summed E-state index contributed by atoms with van der Waals surface area (Å²) in [4.78, 5) is 7.90. The maximum absolute atomic E-state index is 12.3. The van der Waals surface area contributed by atoms with Gasteiger partial charge in [0.25, 0.3) is 0 Å². The van der Waals surface area contributed by atoms with Gasteiger partial charge in [0, 0.05) is 6.20 Å². The van der Waals surface area contributed by atoms with Crippen LogP contribution in [0.4, 0.5) is 19.0 Å². The lowest BCUT2D eigenvalue weighted by atomic mass is 10.2. The van der Waals surface area contributed by atoms with Crippen LogP contribution in [-0.4, -0.2) is 16.3 Å². The average Bonchev–Trinajstić information content (AvgIpc) is 2.31. The Bertz CT molecular complexity index is 604. The van der Waals surface area contributed by atoms with Gasteiger partial charge in [0.15, 0.2) is 5.82 Å². The van der Waals surface area contributed by atoms with Gasteiger partial charge >= 0.3 is 6.36 Å². The molecule has 1 heterocycles. The van der Waals surface area contributed by atoms with E-state index in [9.17, 15) is 13.2 Å². The van der Waals surface area contributed by atoms with Crippen molar-refractivity contribution >= 4 is 28.4 Å². The minimum absolute atomic E-state index is 0.0813. The summed E-state index contributed by atoms with van der Waals surface area (Å²) in [6.45, 7) is 0. The number of benzene rings is 1. The van der Waals surface area contributed by atoms with Gasteiger partial charge in [-0.25, -0.2) is 9.97 Å². The molecule has 0 fully saturated rings. The third-order valence-corrected chi connectivity index (χ3v) is 2.96. The molecule has 0 aliphatic rings. The van der Waals surface area contributed by atoms with E-state index in [2.05, 4.69) is 14.7 Å². The Morgan fingerprint density at radius 3 is 2.53 bits per heavy atom. The molecule has 0 atom stereocenters. The minimum atomic E-state index is -4.77. The van der Waals surface area contributed by atoms with Gasteiger partial charge in [0.2, 0.25) is 0 Å². The van der Waals surface area contributed by atoms with Gasteiger partial charge in [0.1, 0.15) is 11.6 Å². The minimum Gasteiger partial charge on any atom is -0.405 e. The molecule has 2 aromatic rings. The molecule has 0 aliphatic heterocycles.